The van der Waals surface area contributed by atoms with E-state index in [2.05, 4.69) is 21.5 Å². The fourth-order valence-corrected chi connectivity index (χ4v) is 4.16. The van der Waals surface area contributed by atoms with Crippen LogP contribution in [0.25, 0.3) is 0 Å². The van der Waals surface area contributed by atoms with E-state index < -0.39 is 28.5 Å². The lowest BCUT2D eigenvalue weighted by molar-refractivity contribution is -0.119. The molecule has 1 aliphatic heterocycles. The number of amides is 1. The van der Waals surface area contributed by atoms with E-state index in [1.165, 1.54) is 43.2 Å². The van der Waals surface area contributed by atoms with Gasteiger partial charge in [0, 0.05) is 31.0 Å². The normalized spacial score (nSPS) is 13.6. The van der Waals surface area contributed by atoms with E-state index in [0.717, 1.165) is 18.8 Å². The zero-order valence-electron chi connectivity index (χ0n) is 17.0. The van der Waals surface area contributed by atoms with E-state index in [-0.39, 0.29) is 17.0 Å². The molecule has 2 aromatic carbocycles. The molecule has 1 saturated heterocycles. The van der Waals surface area contributed by atoms with Gasteiger partial charge in [-0.05, 0) is 61.4 Å². The summed E-state index contributed by atoms with van der Waals surface area (Å²) in [5.41, 5.74) is 1.88. The second-order valence-electron chi connectivity index (χ2n) is 7.03. The van der Waals surface area contributed by atoms with E-state index in [1.807, 2.05) is 24.3 Å². The molecular formula is C22H25N3O5S. The summed E-state index contributed by atoms with van der Waals surface area (Å²) in [5, 5.41) is 2.68. The lowest BCUT2D eigenvalue weighted by Gasteiger charge is -2.17. The number of carbonyl (C=O) groups is 2. The predicted molar refractivity (Wildman–Crippen MR) is 119 cm³/mol. The molecular weight excluding hydrogens is 418 g/mol. The third-order valence-corrected chi connectivity index (χ3v) is 6.21. The molecule has 1 heterocycles. The molecule has 0 unspecified atom stereocenters. The smallest absolute Gasteiger partial charge is 0.338 e. The van der Waals surface area contributed by atoms with E-state index in [0.29, 0.717) is 5.69 Å². The summed E-state index contributed by atoms with van der Waals surface area (Å²) in [6.45, 7) is 5.18. The van der Waals surface area contributed by atoms with E-state index in [9.17, 15) is 18.0 Å². The molecule has 8 nitrogen and oxygen atoms in total. The second kappa shape index (κ2) is 10.2. The van der Waals surface area contributed by atoms with Crippen LogP contribution in [0, 0.1) is 0 Å². The molecule has 0 spiro atoms. The average Bonchev–Trinajstić information content (AvgIpc) is 3.32. The van der Waals surface area contributed by atoms with Gasteiger partial charge in [-0.2, -0.15) is 0 Å². The number of nitrogens with one attached hydrogen (secondary N) is 2. The SMILES string of the molecule is C=CCNS(=O)(=O)c1ccc(C(=O)OCC(=O)Nc2ccc(N3CCCC3)cc2)cc1. The minimum Gasteiger partial charge on any atom is -0.452 e. The zero-order chi connectivity index (χ0) is 22.3. The maximum Gasteiger partial charge on any atom is 0.338 e. The van der Waals surface area contributed by atoms with Crippen molar-refractivity contribution in [3.63, 3.8) is 0 Å². The molecule has 9 heteroatoms. The van der Waals surface area contributed by atoms with Crippen molar-refractivity contribution in [3.8, 4) is 0 Å². The quantitative estimate of drug-likeness (QED) is 0.456. The lowest BCUT2D eigenvalue weighted by Crippen LogP contribution is -2.23. The van der Waals surface area contributed by atoms with Crippen LogP contribution in [0.3, 0.4) is 0 Å². The Morgan fingerprint density at radius 3 is 2.29 bits per heavy atom. The second-order valence-corrected chi connectivity index (χ2v) is 8.80. The Morgan fingerprint density at radius 1 is 1.03 bits per heavy atom. The number of benzene rings is 2. The fraction of sp³-hybridized carbons (Fsp3) is 0.273. The molecule has 1 aliphatic rings. The molecule has 0 radical (unpaired) electrons. The Labute approximate surface area is 181 Å². The van der Waals surface area contributed by atoms with Gasteiger partial charge in [-0.15, -0.1) is 6.58 Å². The number of sulfonamides is 1. The summed E-state index contributed by atoms with van der Waals surface area (Å²) in [6, 6.07) is 12.8. The van der Waals surface area contributed by atoms with Gasteiger partial charge in [-0.3, -0.25) is 4.79 Å². The van der Waals surface area contributed by atoms with Crippen LogP contribution in [-0.2, 0) is 19.6 Å². The van der Waals surface area contributed by atoms with E-state index in [4.69, 9.17) is 4.74 Å². The molecule has 2 aromatic rings. The van der Waals surface area contributed by atoms with Gasteiger partial charge in [0.25, 0.3) is 5.91 Å². The molecule has 0 atom stereocenters. The van der Waals surface area contributed by atoms with Gasteiger partial charge in [0.2, 0.25) is 10.0 Å². The van der Waals surface area contributed by atoms with Crippen LogP contribution >= 0.6 is 0 Å². The van der Waals surface area contributed by atoms with Crippen LogP contribution in [-0.4, -0.2) is 46.5 Å². The van der Waals surface area contributed by atoms with Gasteiger partial charge in [0.1, 0.15) is 0 Å². The first-order valence-corrected chi connectivity index (χ1v) is 11.4. The minimum atomic E-state index is -3.67. The summed E-state index contributed by atoms with van der Waals surface area (Å²) in [7, 11) is -3.67. The van der Waals surface area contributed by atoms with Gasteiger partial charge in [-0.25, -0.2) is 17.9 Å². The molecule has 0 aromatic heterocycles. The molecule has 0 aliphatic carbocycles. The summed E-state index contributed by atoms with van der Waals surface area (Å²) in [6.07, 6.45) is 3.80. The highest BCUT2D eigenvalue weighted by Gasteiger charge is 2.16. The van der Waals surface area contributed by atoms with Crippen molar-refractivity contribution in [3.05, 3.63) is 66.7 Å². The van der Waals surface area contributed by atoms with Gasteiger partial charge in [-0.1, -0.05) is 6.08 Å². The number of hydrogen-bond donors (Lipinski definition) is 2. The molecule has 2 N–H and O–H groups in total. The Bertz CT molecular complexity index is 1030. The maximum absolute atomic E-state index is 12.1. The number of esters is 1. The monoisotopic (exact) mass is 443 g/mol. The van der Waals surface area contributed by atoms with Crippen LogP contribution in [0.5, 0.6) is 0 Å². The number of carbonyl (C=O) groups excluding carboxylic acids is 2. The molecule has 1 amide bonds. The number of anilines is 2. The Hall–Kier alpha value is -3.17. The molecule has 31 heavy (non-hydrogen) atoms. The minimum absolute atomic E-state index is 0.0148. The van der Waals surface area contributed by atoms with Gasteiger partial charge in [0.05, 0.1) is 10.5 Å². The van der Waals surface area contributed by atoms with Crippen LogP contribution in [0.1, 0.15) is 23.2 Å². The molecule has 3 rings (SSSR count). The number of ether oxygens (including phenoxy) is 1. The number of hydrogen-bond acceptors (Lipinski definition) is 6. The van der Waals surface area contributed by atoms with Crippen molar-refractivity contribution in [1.82, 2.24) is 4.72 Å². The van der Waals surface area contributed by atoms with Gasteiger partial charge >= 0.3 is 5.97 Å². The summed E-state index contributed by atoms with van der Waals surface area (Å²) in [4.78, 5) is 26.5. The van der Waals surface area contributed by atoms with Crippen LogP contribution < -0.4 is 14.9 Å². The van der Waals surface area contributed by atoms with Gasteiger partial charge < -0.3 is 15.0 Å². The summed E-state index contributed by atoms with van der Waals surface area (Å²) in [5.74, 6) is -1.18. The third-order valence-electron chi connectivity index (χ3n) is 4.77. The van der Waals surface area contributed by atoms with Crippen molar-refractivity contribution in [2.75, 3.05) is 36.5 Å². The van der Waals surface area contributed by atoms with Crippen LogP contribution in [0.4, 0.5) is 11.4 Å². The predicted octanol–water partition coefficient (Wildman–Crippen LogP) is 2.55. The fourth-order valence-electron chi connectivity index (χ4n) is 3.16. The highest BCUT2D eigenvalue weighted by atomic mass is 32.2. The molecule has 164 valence electrons. The first kappa shape index (κ1) is 22.5. The van der Waals surface area contributed by atoms with E-state index in [1.54, 1.807) is 0 Å². The highest BCUT2D eigenvalue weighted by molar-refractivity contribution is 7.89. The zero-order valence-corrected chi connectivity index (χ0v) is 17.9. The third kappa shape index (κ3) is 6.16. The number of nitrogens with zero attached hydrogens (tertiary/aromatic N) is 1. The van der Waals surface area contributed by atoms with E-state index >= 15 is 0 Å². The first-order chi connectivity index (χ1) is 14.9. The Morgan fingerprint density at radius 2 is 1.68 bits per heavy atom. The Balaban J connectivity index is 1.49. The topological polar surface area (TPSA) is 105 Å². The Kier molecular flexibility index (Phi) is 7.43. The first-order valence-electron chi connectivity index (χ1n) is 9.92. The van der Waals surface area contributed by atoms with Crippen LogP contribution in [0.15, 0.2) is 66.1 Å². The standard InChI is InChI=1S/C22H25N3O5S/c1-2-13-23-31(28,29)20-11-5-17(6-12-20)22(27)30-16-21(26)24-18-7-9-19(10-8-18)25-14-3-4-15-25/h2,5-12,23H,1,3-4,13-16H2,(H,24,26). The summed E-state index contributed by atoms with van der Waals surface area (Å²) < 4.78 is 31.4. The maximum atomic E-state index is 12.1. The lowest BCUT2D eigenvalue weighted by atomic mass is 10.2. The molecule has 0 saturated carbocycles. The molecule has 1 fully saturated rings. The van der Waals surface area contributed by atoms with Gasteiger partial charge in [0.15, 0.2) is 6.61 Å². The van der Waals surface area contributed by atoms with Crippen molar-refractivity contribution >= 4 is 33.3 Å². The average molecular weight is 444 g/mol. The van der Waals surface area contributed by atoms with Crippen molar-refractivity contribution in [1.29, 1.82) is 0 Å². The van der Waals surface area contributed by atoms with Crippen molar-refractivity contribution in [2.24, 2.45) is 0 Å². The van der Waals surface area contributed by atoms with Crippen molar-refractivity contribution in [2.45, 2.75) is 17.7 Å². The van der Waals surface area contributed by atoms with Crippen LogP contribution in [0.2, 0.25) is 0 Å². The number of rotatable bonds is 9. The largest absolute Gasteiger partial charge is 0.452 e. The van der Waals surface area contributed by atoms with Crippen molar-refractivity contribution < 1.29 is 22.7 Å². The summed E-state index contributed by atoms with van der Waals surface area (Å²) >= 11 is 0. The molecule has 0 bridgehead atoms. The highest BCUT2D eigenvalue weighted by Crippen LogP contribution is 2.22.